The number of ether oxygens (including phenoxy) is 1. The third kappa shape index (κ3) is 2.47. The second kappa shape index (κ2) is 5.67. The highest BCUT2D eigenvalue weighted by Crippen LogP contribution is 2.59. The van der Waals surface area contributed by atoms with Gasteiger partial charge in [0.25, 0.3) is 0 Å². The van der Waals surface area contributed by atoms with Crippen LogP contribution in [0.3, 0.4) is 0 Å². The molecule has 3 N–H and O–H groups in total. The minimum Gasteiger partial charge on any atom is -0.508 e. The molecule has 0 bridgehead atoms. The third-order valence-corrected chi connectivity index (χ3v) is 6.51. The van der Waals surface area contributed by atoms with Gasteiger partial charge in [0.2, 0.25) is 0 Å². The van der Waals surface area contributed by atoms with Gasteiger partial charge >= 0.3 is 0 Å². The zero-order chi connectivity index (χ0) is 18.8. The fraction of sp³-hybridized carbons (Fsp3) is 0.429. The lowest BCUT2D eigenvalue weighted by Crippen LogP contribution is -2.53. The highest BCUT2D eigenvalue weighted by Gasteiger charge is 2.68. The molecule has 0 radical (unpaired) electrons. The molecule has 2 aromatic rings. The number of fused-ring (bicyclic) bond motifs is 2. The summed E-state index contributed by atoms with van der Waals surface area (Å²) in [5, 5.41) is 31.7. The molecule has 6 heteroatoms. The first kappa shape index (κ1) is 17.0. The minimum absolute atomic E-state index is 0.112. The first-order valence-electron chi connectivity index (χ1n) is 9.33. The Bertz CT molecular complexity index is 878. The minimum atomic E-state index is -0.977. The molecule has 0 spiro atoms. The number of rotatable bonds is 2. The van der Waals surface area contributed by atoms with Crippen molar-refractivity contribution in [3.05, 3.63) is 59.4 Å². The standard InChI is InChI=1S/C21H22FNO4/c22-14-3-1-13(2-4-14)20(26)7-9-23(10-8-20)21-12-18(21)27-17-11-15(24)5-6-16(17)19(21)25/h1-6,11,18-19,24-26H,7-10,12H2/t18?,19-,21+/m1/s1. The number of hydrogen-bond acceptors (Lipinski definition) is 5. The van der Waals surface area contributed by atoms with E-state index < -0.39 is 17.2 Å². The highest BCUT2D eigenvalue weighted by atomic mass is 19.1. The number of benzene rings is 2. The number of likely N-dealkylation sites (tertiary alicyclic amines) is 1. The lowest BCUT2D eigenvalue weighted by Gasteiger charge is -2.45. The summed E-state index contributed by atoms with van der Waals surface area (Å²) in [5.74, 6) is 0.351. The zero-order valence-electron chi connectivity index (χ0n) is 14.8. The summed E-state index contributed by atoms with van der Waals surface area (Å²) in [7, 11) is 0. The summed E-state index contributed by atoms with van der Waals surface area (Å²) in [6.45, 7) is 1.25. The first-order valence-corrected chi connectivity index (χ1v) is 9.33. The van der Waals surface area contributed by atoms with Gasteiger partial charge in [0.15, 0.2) is 0 Å². The highest BCUT2D eigenvalue weighted by molar-refractivity contribution is 5.48. The van der Waals surface area contributed by atoms with Crippen LogP contribution < -0.4 is 4.74 Å². The van der Waals surface area contributed by atoms with Crippen molar-refractivity contribution in [3.8, 4) is 11.5 Å². The van der Waals surface area contributed by atoms with Crippen LogP contribution >= 0.6 is 0 Å². The van der Waals surface area contributed by atoms with Crippen molar-refractivity contribution in [1.29, 1.82) is 0 Å². The van der Waals surface area contributed by atoms with Crippen molar-refractivity contribution in [2.75, 3.05) is 13.1 Å². The number of hydrogen-bond donors (Lipinski definition) is 3. The van der Waals surface area contributed by atoms with Crippen molar-refractivity contribution in [2.45, 2.75) is 42.6 Å². The van der Waals surface area contributed by atoms with Gasteiger partial charge < -0.3 is 20.1 Å². The fourth-order valence-corrected chi connectivity index (χ4v) is 4.79. The number of nitrogens with zero attached hydrogens (tertiary/aromatic N) is 1. The van der Waals surface area contributed by atoms with Gasteiger partial charge in [-0.15, -0.1) is 0 Å². The lowest BCUT2D eigenvalue weighted by atomic mass is 9.83. The van der Waals surface area contributed by atoms with Crippen LogP contribution in [0.2, 0.25) is 0 Å². The van der Waals surface area contributed by atoms with Gasteiger partial charge in [0.05, 0.1) is 11.1 Å². The van der Waals surface area contributed by atoms with Crippen LogP contribution in [-0.4, -0.2) is 45.0 Å². The van der Waals surface area contributed by atoms with Crippen molar-refractivity contribution < 1.29 is 24.4 Å². The molecule has 2 fully saturated rings. The largest absolute Gasteiger partial charge is 0.508 e. The molecular formula is C21H22FNO4. The number of phenolic OH excluding ortho intramolecular Hbond substituents is 1. The van der Waals surface area contributed by atoms with E-state index in [4.69, 9.17) is 4.74 Å². The van der Waals surface area contributed by atoms with E-state index in [9.17, 15) is 19.7 Å². The van der Waals surface area contributed by atoms with E-state index in [-0.39, 0.29) is 17.7 Å². The molecule has 0 amide bonds. The Balaban J connectivity index is 1.36. The summed E-state index contributed by atoms with van der Waals surface area (Å²) in [6, 6.07) is 10.9. The molecule has 3 aliphatic rings. The summed E-state index contributed by atoms with van der Waals surface area (Å²) in [6.07, 6.45) is 0.950. The van der Waals surface area contributed by atoms with Gasteiger partial charge in [0, 0.05) is 31.1 Å². The average Bonchev–Trinajstić information content (AvgIpc) is 3.38. The smallest absolute Gasteiger partial charge is 0.129 e. The zero-order valence-corrected chi connectivity index (χ0v) is 14.8. The van der Waals surface area contributed by atoms with Crippen molar-refractivity contribution >= 4 is 0 Å². The Labute approximate surface area is 156 Å². The predicted molar refractivity (Wildman–Crippen MR) is 95.9 cm³/mol. The Morgan fingerprint density at radius 2 is 1.78 bits per heavy atom. The van der Waals surface area contributed by atoms with Gasteiger partial charge in [-0.05, 0) is 42.7 Å². The van der Waals surface area contributed by atoms with Gasteiger partial charge in [-0.25, -0.2) is 4.39 Å². The summed E-state index contributed by atoms with van der Waals surface area (Å²) >= 11 is 0. The number of halogens is 1. The van der Waals surface area contributed by atoms with Gasteiger partial charge in [-0.3, -0.25) is 4.90 Å². The van der Waals surface area contributed by atoms with Gasteiger partial charge in [-0.2, -0.15) is 0 Å². The molecule has 2 heterocycles. The van der Waals surface area contributed by atoms with Crippen molar-refractivity contribution in [3.63, 3.8) is 0 Å². The van der Waals surface area contributed by atoms with E-state index in [1.165, 1.54) is 12.1 Å². The van der Waals surface area contributed by atoms with E-state index in [0.29, 0.717) is 37.2 Å². The maximum Gasteiger partial charge on any atom is 0.129 e. The molecule has 1 unspecified atom stereocenters. The summed E-state index contributed by atoms with van der Waals surface area (Å²) < 4.78 is 19.2. The monoisotopic (exact) mass is 371 g/mol. The number of piperidine rings is 1. The third-order valence-electron chi connectivity index (χ3n) is 6.51. The fourth-order valence-electron chi connectivity index (χ4n) is 4.79. The molecule has 3 atom stereocenters. The molecule has 5 nitrogen and oxygen atoms in total. The van der Waals surface area contributed by atoms with Gasteiger partial charge in [-0.1, -0.05) is 12.1 Å². The van der Waals surface area contributed by atoms with E-state index in [2.05, 4.69) is 4.90 Å². The second-order valence-corrected chi connectivity index (χ2v) is 7.95. The molecule has 1 saturated carbocycles. The van der Waals surface area contributed by atoms with E-state index in [1.54, 1.807) is 30.3 Å². The molecule has 1 aliphatic carbocycles. The molecule has 1 saturated heterocycles. The van der Waals surface area contributed by atoms with Crippen LogP contribution in [-0.2, 0) is 5.60 Å². The summed E-state index contributed by atoms with van der Waals surface area (Å²) in [4.78, 5) is 2.22. The van der Waals surface area contributed by atoms with Crippen LogP contribution in [0.4, 0.5) is 4.39 Å². The van der Waals surface area contributed by atoms with Crippen LogP contribution in [0.1, 0.15) is 36.5 Å². The van der Waals surface area contributed by atoms with E-state index in [0.717, 1.165) is 12.0 Å². The number of phenols is 1. The topological polar surface area (TPSA) is 73.2 Å². The molecule has 27 heavy (non-hydrogen) atoms. The maximum atomic E-state index is 13.2. The lowest BCUT2D eigenvalue weighted by molar-refractivity contribution is -0.0739. The first-order chi connectivity index (χ1) is 12.9. The number of aliphatic hydroxyl groups is 2. The Morgan fingerprint density at radius 3 is 2.48 bits per heavy atom. The van der Waals surface area contributed by atoms with Crippen LogP contribution in [0.5, 0.6) is 11.5 Å². The maximum absolute atomic E-state index is 13.2. The van der Waals surface area contributed by atoms with E-state index >= 15 is 0 Å². The molecular weight excluding hydrogens is 349 g/mol. The van der Waals surface area contributed by atoms with Crippen LogP contribution in [0, 0.1) is 5.82 Å². The molecule has 5 rings (SSSR count). The number of aliphatic hydroxyl groups excluding tert-OH is 1. The SMILES string of the molecule is Oc1ccc2c(c1)OC1C[C@@]1(N1CCC(O)(c3ccc(F)cc3)CC1)[C@@H]2O. The molecule has 2 aliphatic heterocycles. The molecule has 2 aromatic carbocycles. The second-order valence-electron chi connectivity index (χ2n) is 7.95. The van der Waals surface area contributed by atoms with Crippen LogP contribution in [0.25, 0.3) is 0 Å². The average molecular weight is 371 g/mol. The van der Waals surface area contributed by atoms with Crippen LogP contribution in [0.15, 0.2) is 42.5 Å². The molecule has 142 valence electrons. The van der Waals surface area contributed by atoms with Crippen molar-refractivity contribution in [2.24, 2.45) is 0 Å². The normalized spacial score (nSPS) is 31.5. The number of aromatic hydroxyl groups is 1. The van der Waals surface area contributed by atoms with Gasteiger partial charge in [0.1, 0.15) is 29.5 Å². The quantitative estimate of drug-likeness (QED) is 0.756. The predicted octanol–water partition coefficient (Wildman–Crippen LogP) is 2.45. The summed E-state index contributed by atoms with van der Waals surface area (Å²) in [5.41, 5.74) is -0.0145. The Morgan fingerprint density at radius 1 is 1.07 bits per heavy atom. The Kier molecular flexibility index (Phi) is 3.57. The van der Waals surface area contributed by atoms with E-state index in [1.807, 2.05) is 0 Å². The Hall–Kier alpha value is -2.15. The van der Waals surface area contributed by atoms with Crippen molar-refractivity contribution in [1.82, 2.24) is 4.90 Å². The molecule has 0 aromatic heterocycles.